The highest BCUT2D eigenvalue weighted by Crippen LogP contribution is 2.53. The third kappa shape index (κ3) is 2.54. The van der Waals surface area contributed by atoms with Gasteiger partial charge in [-0.05, 0) is 29.3 Å². The lowest BCUT2D eigenvalue weighted by Crippen LogP contribution is -2.44. The third-order valence-electron chi connectivity index (χ3n) is 6.80. The molecule has 32 heavy (non-hydrogen) atoms. The number of carbonyl (C=O) groups is 3. The monoisotopic (exact) mass is 420 g/mol. The van der Waals surface area contributed by atoms with Gasteiger partial charge in [0.25, 0.3) is 0 Å². The molecule has 3 aliphatic heterocycles. The van der Waals surface area contributed by atoms with Crippen molar-refractivity contribution in [2.45, 2.75) is 12.1 Å². The molecule has 0 saturated carbocycles. The number of para-hydroxylation sites is 1. The van der Waals surface area contributed by atoms with E-state index in [1.165, 1.54) is 4.90 Å². The SMILES string of the molecule is O=C(c1ccccc1)C1C2C(=O)N(c3ccccc3)C(=O)C2C2c3ccccc3C=CN12. The molecule has 5 nitrogen and oxygen atoms in total. The smallest absolute Gasteiger partial charge is 0.240 e. The highest BCUT2D eigenvalue weighted by molar-refractivity contribution is 6.24. The zero-order valence-corrected chi connectivity index (χ0v) is 17.2. The van der Waals surface area contributed by atoms with Crippen LogP contribution in [0.4, 0.5) is 5.69 Å². The van der Waals surface area contributed by atoms with E-state index in [1.807, 2.05) is 77.8 Å². The Balaban J connectivity index is 1.51. The molecular formula is C27H20N2O3. The molecule has 0 N–H and O–H groups in total. The first-order chi connectivity index (χ1) is 15.7. The Kier molecular flexibility index (Phi) is 4.12. The number of benzene rings is 3. The van der Waals surface area contributed by atoms with Gasteiger partial charge >= 0.3 is 0 Å². The van der Waals surface area contributed by atoms with Crippen LogP contribution < -0.4 is 4.90 Å². The summed E-state index contributed by atoms with van der Waals surface area (Å²) in [5, 5.41) is 0. The molecule has 2 saturated heterocycles. The van der Waals surface area contributed by atoms with Crippen molar-refractivity contribution in [3.63, 3.8) is 0 Å². The van der Waals surface area contributed by atoms with Crippen molar-refractivity contribution in [1.82, 2.24) is 4.90 Å². The second-order valence-electron chi connectivity index (χ2n) is 8.41. The molecule has 0 aromatic heterocycles. The summed E-state index contributed by atoms with van der Waals surface area (Å²) >= 11 is 0. The van der Waals surface area contributed by atoms with Crippen molar-refractivity contribution in [2.24, 2.45) is 11.8 Å². The highest BCUT2D eigenvalue weighted by atomic mass is 16.2. The van der Waals surface area contributed by atoms with Crippen LogP contribution in [-0.2, 0) is 9.59 Å². The van der Waals surface area contributed by atoms with Crippen LogP contribution in [0.15, 0.2) is 91.1 Å². The predicted octanol–water partition coefficient (Wildman–Crippen LogP) is 4.08. The molecule has 156 valence electrons. The van der Waals surface area contributed by atoms with E-state index in [4.69, 9.17) is 0 Å². The van der Waals surface area contributed by atoms with Crippen molar-refractivity contribution in [3.8, 4) is 0 Å². The van der Waals surface area contributed by atoms with Crippen LogP contribution in [-0.4, -0.2) is 28.5 Å². The van der Waals surface area contributed by atoms with Crippen molar-refractivity contribution in [1.29, 1.82) is 0 Å². The molecule has 0 bridgehead atoms. The van der Waals surface area contributed by atoms with Crippen molar-refractivity contribution >= 4 is 29.4 Å². The van der Waals surface area contributed by atoms with Gasteiger partial charge in [-0.15, -0.1) is 0 Å². The maximum atomic E-state index is 13.7. The van der Waals surface area contributed by atoms with Crippen LogP contribution in [0.5, 0.6) is 0 Å². The number of imide groups is 1. The van der Waals surface area contributed by atoms with E-state index >= 15 is 0 Å². The third-order valence-corrected chi connectivity index (χ3v) is 6.80. The van der Waals surface area contributed by atoms with Crippen LogP contribution in [0.1, 0.15) is 27.5 Å². The van der Waals surface area contributed by atoms with E-state index in [2.05, 4.69) is 0 Å². The number of fused-ring (bicyclic) bond motifs is 5. The summed E-state index contributed by atoms with van der Waals surface area (Å²) in [4.78, 5) is 44.3. The van der Waals surface area contributed by atoms with Crippen molar-refractivity contribution < 1.29 is 14.4 Å². The van der Waals surface area contributed by atoms with E-state index in [0.29, 0.717) is 11.3 Å². The molecule has 0 aliphatic carbocycles. The molecular weight excluding hydrogens is 400 g/mol. The molecule has 6 rings (SSSR count). The lowest BCUT2D eigenvalue weighted by Gasteiger charge is -2.35. The second-order valence-corrected chi connectivity index (χ2v) is 8.41. The Bertz CT molecular complexity index is 1270. The molecule has 5 heteroatoms. The largest absolute Gasteiger partial charge is 0.358 e. The quantitative estimate of drug-likeness (QED) is 0.473. The van der Waals surface area contributed by atoms with E-state index in [1.54, 1.807) is 24.3 Å². The number of carbonyl (C=O) groups excluding carboxylic acids is 3. The molecule has 3 aromatic carbocycles. The molecule has 4 atom stereocenters. The minimum absolute atomic E-state index is 0.136. The summed E-state index contributed by atoms with van der Waals surface area (Å²) in [6, 6.07) is 24.8. The molecule has 0 radical (unpaired) electrons. The van der Waals surface area contributed by atoms with Crippen molar-refractivity contribution in [2.75, 3.05) is 4.90 Å². The number of nitrogens with zero attached hydrogens (tertiary/aromatic N) is 2. The van der Waals surface area contributed by atoms with E-state index in [-0.39, 0.29) is 23.6 Å². The van der Waals surface area contributed by atoms with Gasteiger partial charge in [-0.25, -0.2) is 4.90 Å². The van der Waals surface area contributed by atoms with E-state index in [0.717, 1.165) is 11.1 Å². The maximum absolute atomic E-state index is 13.7. The average molecular weight is 420 g/mol. The van der Waals surface area contributed by atoms with Crippen LogP contribution in [0.25, 0.3) is 6.08 Å². The zero-order chi connectivity index (χ0) is 21.8. The molecule has 2 fully saturated rings. The molecule has 0 spiro atoms. The summed E-state index contributed by atoms with van der Waals surface area (Å²) in [6.45, 7) is 0. The minimum Gasteiger partial charge on any atom is -0.358 e. The first-order valence-corrected chi connectivity index (χ1v) is 10.7. The van der Waals surface area contributed by atoms with Gasteiger partial charge in [0.05, 0.1) is 23.6 Å². The topological polar surface area (TPSA) is 57.7 Å². The van der Waals surface area contributed by atoms with Gasteiger partial charge in [0, 0.05) is 11.8 Å². The number of rotatable bonds is 3. The van der Waals surface area contributed by atoms with Crippen LogP contribution in [0, 0.1) is 11.8 Å². The number of Topliss-reactive ketones (excluding diaryl/α,β-unsaturated/α-hetero) is 1. The van der Waals surface area contributed by atoms with Gasteiger partial charge in [0.1, 0.15) is 6.04 Å². The normalized spacial score (nSPS) is 25.5. The number of hydrogen-bond donors (Lipinski definition) is 0. The highest BCUT2D eigenvalue weighted by Gasteiger charge is 2.64. The van der Waals surface area contributed by atoms with Gasteiger partial charge in [-0.2, -0.15) is 0 Å². The first kappa shape index (κ1) is 18.8. The minimum atomic E-state index is -0.740. The van der Waals surface area contributed by atoms with E-state index in [9.17, 15) is 14.4 Å². The van der Waals surface area contributed by atoms with E-state index < -0.39 is 17.9 Å². The molecule has 4 unspecified atom stereocenters. The fourth-order valence-corrected chi connectivity index (χ4v) is 5.46. The Labute approximate surface area is 185 Å². The van der Waals surface area contributed by atoms with Gasteiger partial charge in [-0.3, -0.25) is 14.4 Å². The first-order valence-electron chi connectivity index (χ1n) is 10.7. The summed E-state index contributed by atoms with van der Waals surface area (Å²) in [5.74, 6) is -2.04. The molecule has 3 heterocycles. The summed E-state index contributed by atoms with van der Waals surface area (Å²) in [6.07, 6.45) is 3.84. The average Bonchev–Trinajstić information content (AvgIpc) is 3.32. The molecule has 3 aromatic rings. The van der Waals surface area contributed by atoms with Crippen LogP contribution in [0.3, 0.4) is 0 Å². The van der Waals surface area contributed by atoms with Gasteiger partial charge in [-0.1, -0.05) is 72.8 Å². The second kappa shape index (κ2) is 7.02. The standard InChI is InChI=1S/C27H20N2O3/c30-25(18-10-3-1-4-11-18)24-22-21(23-20-14-8-7-9-17(20)15-16-28(23)24)26(31)29(27(22)32)19-12-5-2-6-13-19/h1-16,21-24H. The van der Waals surface area contributed by atoms with Crippen LogP contribution >= 0.6 is 0 Å². The summed E-state index contributed by atoms with van der Waals surface area (Å²) in [7, 11) is 0. The lowest BCUT2D eigenvalue weighted by atomic mass is 9.83. The molecule has 2 amide bonds. The number of ketones is 1. The van der Waals surface area contributed by atoms with Gasteiger partial charge < -0.3 is 4.90 Å². The Hall–Kier alpha value is -3.99. The maximum Gasteiger partial charge on any atom is 0.240 e. The number of amides is 2. The van der Waals surface area contributed by atoms with Gasteiger partial charge in [0.2, 0.25) is 11.8 Å². The Morgan fingerprint density at radius 1 is 0.719 bits per heavy atom. The lowest BCUT2D eigenvalue weighted by molar-refractivity contribution is -0.123. The Morgan fingerprint density at radius 3 is 2.09 bits per heavy atom. The fraction of sp³-hybridized carbons (Fsp3) is 0.148. The molecule has 3 aliphatic rings. The summed E-state index contributed by atoms with van der Waals surface area (Å²) < 4.78 is 0. The van der Waals surface area contributed by atoms with Crippen LogP contribution in [0.2, 0.25) is 0 Å². The van der Waals surface area contributed by atoms with Gasteiger partial charge in [0.15, 0.2) is 5.78 Å². The predicted molar refractivity (Wildman–Crippen MR) is 121 cm³/mol. The summed E-state index contributed by atoms with van der Waals surface area (Å²) in [5.41, 5.74) is 3.08. The Morgan fingerprint density at radius 2 is 1.34 bits per heavy atom. The fourth-order valence-electron chi connectivity index (χ4n) is 5.46. The van der Waals surface area contributed by atoms with Crippen molar-refractivity contribution in [3.05, 3.63) is 108 Å². The zero-order valence-electron chi connectivity index (χ0n) is 17.2. The number of hydrogen-bond acceptors (Lipinski definition) is 4. The number of anilines is 1.